The molecule has 9 heteroatoms. The third-order valence-corrected chi connectivity index (χ3v) is 7.57. The summed E-state index contributed by atoms with van der Waals surface area (Å²) >= 11 is 1.37. The normalized spacial score (nSPS) is 14.5. The molecule has 5 rings (SSSR count). The number of halogens is 2. The average molecular weight is 496 g/mol. The van der Waals surface area contributed by atoms with Gasteiger partial charge in [-0.1, -0.05) is 12.1 Å². The number of hydrogen-bond acceptors (Lipinski definition) is 5. The van der Waals surface area contributed by atoms with E-state index in [1.807, 2.05) is 12.1 Å². The van der Waals surface area contributed by atoms with Crippen molar-refractivity contribution in [2.45, 2.75) is 6.42 Å². The minimum Gasteiger partial charge on any atom is -0.369 e. The number of nitrogens with one attached hydrogen (secondary N) is 1. The number of thiophene rings is 1. The smallest absolute Gasteiger partial charge is 0.261 e. The lowest BCUT2D eigenvalue weighted by atomic mass is 10.1. The third kappa shape index (κ3) is 5.06. The highest BCUT2D eigenvalue weighted by Crippen LogP contribution is 2.34. The van der Waals surface area contributed by atoms with E-state index in [2.05, 4.69) is 20.2 Å². The fourth-order valence-corrected chi connectivity index (χ4v) is 5.47. The topological polar surface area (TPSA) is 53.4 Å². The van der Waals surface area contributed by atoms with Crippen molar-refractivity contribution < 1.29 is 13.6 Å². The molecule has 2 aromatic heterocycles. The quantitative estimate of drug-likeness (QED) is 0.383. The summed E-state index contributed by atoms with van der Waals surface area (Å²) in [4.78, 5) is 18.9. The Balaban J connectivity index is 1.12. The molecule has 0 bridgehead atoms. The summed E-state index contributed by atoms with van der Waals surface area (Å²) in [7, 11) is 1.81. The second kappa shape index (κ2) is 10.1. The summed E-state index contributed by atoms with van der Waals surface area (Å²) in [6.07, 6.45) is 0.856. The molecule has 0 atom stereocenters. The van der Waals surface area contributed by atoms with Gasteiger partial charge in [-0.3, -0.25) is 14.4 Å². The molecule has 0 spiro atoms. The van der Waals surface area contributed by atoms with Crippen LogP contribution in [0.2, 0.25) is 0 Å². The number of nitrogens with zero attached hydrogens (tertiary/aromatic N) is 4. The van der Waals surface area contributed by atoms with Gasteiger partial charge in [0.1, 0.15) is 22.2 Å². The number of rotatable bonds is 7. The maximum atomic E-state index is 14.3. The van der Waals surface area contributed by atoms with Crippen LogP contribution in [0.1, 0.15) is 16.1 Å². The SMILES string of the molecule is Cn1nc(-c2ccccc2F)c2cc(C(=O)NCCCN3CCN(c4ccc(F)cc4)CC3)sc21. The van der Waals surface area contributed by atoms with E-state index in [1.54, 1.807) is 36.0 Å². The number of anilines is 1. The highest BCUT2D eigenvalue weighted by molar-refractivity contribution is 7.20. The Morgan fingerprint density at radius 3 is 2.54 bits per heavy atom. The van der Waals surface area contributed by atoms with Gasteiger partial charge in [-0.2, -0.15) is 5.10 Å². The number of hydrogen-bond donors (Lipinski definition) is 1. The van der Waals surface area contributed by atoms with Crippen LogP contribution >= 0.6 is 11.3 Å². The van der Waals surface area contributed by atoms with E-state index >= 15 is 0 Å². The molecular formula is C26H27F2N5OS. The van der Waals surface area contributed by atoms with Crippen LogP contribution in [0, 0.1) is 11.6 Å². The first-order valence-electron chi connectivity index (χ1n) is 11.7. The zero-order chi connectivity index (χ0) is 24.4. The number of carbonyl (C=O) groups excluding carboxylic acids is 1. The van der Waals surface area contributed by atoms with Crippen molar-refractivity contribution in [2.24, 2.45) is 7.05 Å². The Morgan fingerprint density at radius 1 is 1.06 bits per heavy atom. The second-order valence-electron chi connectivity index (χ2n) is 8.70. The Kier molecular flexibility index (Phi) is 6.79. The minimum absolute atomic E-state index is 0.119. The average Bonchev–Trinajstić information content (AvgIpc) is 3.44. The zero-order valence-corrected chi connectivity index (χ0v) is 20.3. The summed E-state index contributed by atoms with van der Waals surface area (Å²) in [6.45, 7) is 5.17. The summed E-state index contributed by atoms with van der Waals surface area (Å²) < 4.78 is 29.2. The van der Waals surface area contributed by atoms with E-state index in [-0.39, 0.29) is 17.5 Å². The third-order valence-electron chi connectivity index (χ3n) is 6.37. The zero-order valence-electron chi connectivity index (χ0n) is 19.5. The summed E-state index contributed by atoms with van der Waals surface area (Å²) in [5.41, 5.74) is 2.04. The van der Waals surface area contributed by atoms with Crippen LogP contribution in [0.3, 0.4) is 0 Å². The number of benzene rings is 2. The molecule has 2 aromatic carbocycles. The van der Waals surface area contributed by atoms with Gasteiger partial charge in [0.2, 0.25) is 0 Å². The predicted molar refractivity (Wildman–Crippen MR) is 136 cm³/mol. The van der Waals surface area contributed by atoms with Crippen molar-refractivity contribution in [2.75, 3.05) is 44.2 Å². The number of carbonyl (C=O) groups is 1. The van der Waals surface area contributed by atoms with Gasteiger partial charge < -0.3 is 10.2 Å². The molecule has 1 N–H and O–H groups in total. The van der Waals surface area contributed by atoms with Crippen LogP contribution in [0.4, 0.5) is 14.5 Å². The number of aromatic nitrogens is 2. The lowest BCUT2D eigenvalue weighted by molar-refractivity contribution is 0.0955. The molecule has 1 aliphatic heterocycles. The van der Waals surface area contributed by atoms with Gasteiger partial charge in [-0.15, -0.1) is 11.3 Å². The van der Waals surface area contributed by atoms with Crippen LogP contribution in [-0.2, 0) is 7.05 Å². The lowest BCUT2D eigenvalue weighted by Crippen LogP contribution is -2.47. The van der Waals surface area contributed by atoms with E-state index < -0.39 is 0 Å². The maximum absolute atomic E-state index is 14.3. The first kappa shape index (κ1) is 23.4. The number of piperazine rings is 1. The molecule has 1 amide bonds. The van der Waals surface area contributed by atoms with E-state index in [0.717, 1.165) is 55.0 Å². The Morgan fingerprint density at radius 2 is 1.80 bits per heavy atom. The van der Waals surface area contributed by atoms with Crippen molar-refractivity contribution in [3.8, 4) is 11.3 Å². The summed E-state index contributed by atoms with van der Waals surface area (Å²) in [5.74, 6) is -0.665. The van der Waals surface area contributed by atoms with Crippen molar-refractivity contribution >= 4 is 33.1 Å². The molecule has 6 nitrogen and oxygen atoms in total. The molecule has 3 heterocycles. The van der Waals surface area contributed by atoms with Crippen LogP contribution in [0.5, 0.6) is 0 Å². The molecule has 1 aliphatic rings. The van der Waals surface area contributed by atoms with E-state index in [0.29, 0.717) is 22.7 Å². The van der Waals surface area contributed by atoms with Crippen LogP contribution in [0.25, 0.3) is 21.5 Å². The van der Waals surface area contributed by atoms with Gasteiger partial charge in [-0.05, 0) is 55.4 Å². The molecule has 182 valence electrons. The number of amides is 1. The Labute approximate surface area is 206 Å². The number of aryl methyl sites for hydroxylation is 1. The van der Waals surface area contributed by atoms with Crippen LogP contribution in [-0.4, -0.2) is 59.9 Å². The molecular weight excluding hydrogens is 468 g/mol. The summed E-state index contributed by atoms with van der Waals surface area (Å²) in [5, 5.41) is 8.27. The fourth-order valence-electron chi connectivity index (χ4n) is 4.48. The lowest BCUT2D eigenvalue weighted by Gasteiger charge is -2.36. The fraction of sp³-hybridized carbons (Fsp3) is 0.308. The van der Waals surface area contributed by atoms with Gasteiger partial charge >= 0.3 is 0 Å². The highest BCUT2D eigenvalue weighted by Gasteiger charge is 2.20. The molecule has 1 fully saturated rings. The van der Waals surface area contributed by atoms with Crippen LogP contribution in [0.15, 0.2) is 54.6 Å². The standard InChI is InChI=1S/C26H27F2N5OS/c1-31-26-21(24(30-31)20-5-2-3-6-22(20)28)17-23(35-26)25(34)29-11-4-12-32-13-15-33(16-14-32)19-9-7-18(27)8-10-19/h2-3,5-10,17H,4,11-16H2,1H3,(H,29,34). The van der Waals surface area contributed by atoms with Gasteiger partial charge in [0.05, 0.1) is 4.88 Å². The Hall–Kier alpha value is -3.30. The van der Waals surface area contributed by atoms with Gasteiger partial charge in [0.15, 0.2) is 0 Å². The minimum atomic E-state index is -0.330. The van der Waals surface area contributed by atoms with E-state index in [1.165, 1.54) is 29.5 Å². The molecule has 0 saturated carbocycles. The van der Waals surface area contributed by atoms with Crippen molar-refractivity contribution in [1.82, 2.24) is 20.0 Å². The molecule has 35 heavy (non-hydrogen) atoms. The first-order valence-corrected chi connectivity index (χ1v) is 12.5. The maximum Gasteiger partial charge on any atom is 0.261 e. The highest BCUT2D eigenvalue weighted by atomic mass is 32.1. The van der Waals surface area contributed by atoms with Gasteiger partial charge in [0.25, 0.3) is 5.91 Å². The molecule has 0 unspecified atom stereocenters. The molecule has 0 radical (unpaired) electrons. The van der Waals surface area contributed by atoms with Gasteiger partial charge in [0, 0.05) is 56.4 Å². The van der Waals surface area contributed by atoms with Crippen LogP contribution < -0.4 is 10.2 Å². The predicted octanol–water partition coefficient (Wildman–Crippen LogP) is 4.52. The molecule has 4 aromatic rings. The van der Waals surface area contributed by atoms with Gasteiger partial charge in [-0.25, -0.2) is 8.78 Å². The first-order chi connectivity index (χ1) is 17.0. The largest absolute Gasteiger partial charge is 0.369 e. The van der Waals surface area contributed by atoms with Crippen molar-refractivity contribution in [3.05, 3.63) is 71.1 Å². The van der Waals surface area contributed by atoms with E-state index in [4.69, 9.17) is 0 Å². The Bertz CT molecular complexity index is 1330. The monoisotopic (exact) mass is 495 g/mol. The second-order valence-corrected chi connectivity index (χ2v) is 9.73. The summed E-state index contributed by atoms with van der Waals surface area (Å²) in [6, 6.07) is 15.0. The van der Waals surface area contributed by atoms with E-state index in [9.17, 15) is 13.6 Å². The van der Waals surface area contributed by atoms with Crippen molar-refractivity contribution in [1.29, 1.82) is 0 Å². The molecule has 0 aliphatic carbocycles. The molecule has 1 saturated heterocycles. The number of fused-ring (bicyclic) bond motifs is 1. The van der Waals surface area contributed by atoms with Crippen molar-refractivity contribution in [3.63, 3.8) is 0 Å².